The Kier molecular flexibility index (Phi) is 7.10. The summed E-state index contributed by atoms with van der Waals surface area (Å²) in [5.74, 6) is 0.762. The topological polar surface area (TPSA) is 0 Å². The number of hydrogen-bond donors (Lipinski definition) is 0. The first-order chi connectivity index (χ1) is 26.8. The Bertz CT molecular complexity index is 3030. The van der Waals surface area contributed by atoms with Gasteiger partial charge in [0.05, 0.1) is 0 Å². The van der Waals surface area contributed by atoms with Crippen molar-refractivity contribution in [1.82, 2.24) is 0 Å². The maximum absolute atomic E-state index is 2.47. The van der Waals surface area contributed by atoms with Gasteiger partial charge in [0.15, 0.2) is 0 Å². The van der Waals surface area contributed by atoms with E-state index in [1.807, 2.05) is 0 Å². The first kappa shape index (κ1) is 30.8. The van der Waals surface area contributed by atoms with Crippen LogP contribution < -0.4 is 0 Å². The highest BCUT2D eigenvalue weighted by Gasteiger charge is 2.28. The maximum atomic E-state index is 2.47. The molecular weight excluding hydrogens is 649 g/mol. The highest BCUT2D eigenvalue weighted by atomic mass is 14.3. The van der Waals surface area contributed by atoms with Crippen LogP contribution in [0.5, 0.6) is 0 Å². The molecule has 2 atom stereocenters. The molecular formula is C54H36. The van der Waals surface area contributed by atoms with Gasteiger partial charge in [0.2, 0.25) is 0 Å². The van der Waals surface area contributed by atoms with Crippen LogP contribution in [0.15, 0.2) is 206 Å². The van der Waals surface area contributed by atoms with Crippen LogP contribution >= 0.6 is 0 Å². The number of rotatable bonds is 4. The molecule has 2 unspecified atom stereocenters. The highest BCUT2D eigenvalue weighted by molar-refractivity contribution is 6.22. The molecule has 0 fully saturated rings. The lowest BCUT2D eigenvalue weighted by Crippen LogP contribution is -2.16. The molecule has 0 saturated carbocycles. The summed E-state index contributed by atoms with van der Waals surface area (Å²) in [5, 5.41) is 10.2. The van der Waals surface area contributed by atoms with E-state index >= 15 is 0 Å². The molecule has 0 spiro atoms. The Morgan fingerprint density at radius 1 is 0.333 bits per heavy atom. The lowest BCUT2D eigenvalue weighted by molar-refractivity contribution is 0.689. The fraction of sp³-hybridized carbons (Fsp3) is 0.0370. The molecule has 0 aliphatic heterocycles. The monoisotopic (exact) mass is 684 g/mol. The molecule has 0 amide bonds. The van der Waals surface area contributed by atoms with E-state index in [0.29, 0.717) is 11.8 Å². The average molecular weight is 685 g/mol. The summed E-state index contributed by atoms with van der Waals surface area (Å²) in [4.78, 5) is 0. The molecule has 0 radical (unpaired) electrons. The zero-order valence-electron chi connectivity index (χ0n) is 29.8. The summed E-state index contributed by atoms with van der Waals surface area (Å²) in [7, 11) is 0. The van der Waals surface area contributed by atoms with E-state index in [2.05, 4.69) is 206 Å². The van der Waals surface area contributed by atoms with Gasteiger partial charge in [0.1, 0.15) is 0 Å². The van der Waals surface area contributed by atoms with Gasteiger partial charge in [-0.2, -0.15) is 0 Å². The molecule has 0 saturated heterocycles. The largest absolute Gasteiger partial charge is 0.0767 e. The number of hydrogen-bond acceptors (Lipinski definition) is 0. The van der Waals surface area contributed by atoms with Crippen molar-refractivity contribution in [3.8, 4) is 33.4 Å². The van der Waals surface area contributed by atoms with Gasteiger partial charge in [0.25, 0.3) is 0 Å². The Hall–Kier alpha value is -6.76. The van der Waals surface area contributed by atoms with Crippen molar-refractivity contribution in [2.24, 2.45) is 5.92 Å². The normalized spacial score (nSPS) is 16.1. The number of benzene rings is 9. The van der Waals surface area contributed by atoms with Gasteiger partial charge in [-0.1, -0.05) is 200 Å². The second-order valence-corrected chi connectivity index (χ2v) is 14.7. The molecule has 0 bridgehead atoms. The van der Waals surface area contributed by atoms with Crippen LogP contribution in [-0.2, 0) is 0 Å². The minimum Gasteiger partial charge on any atom is -0.0767 e. The summed E-state index contributed by atoms with van der Waals surface area (Å²) < 4.78 is 0. The summed E-state index contributed by atoms with van der Waals surface area (Å²) in [6, 6.07) is 65.3. The van der Waals surface area contributed by atoms with Gasteiger partial charge in [-0.3, -0.25) is 0 Å². The Balaban J connectivity index is 1.08. The van der Waals surface area contributed by atoms with E-state index in [1.165, 1.54) is 98.7 Å². The van der Waals surface area contributed by atoms with E-state index in [-0.39, 0.29) is 0 Å². The quantitative estimate of drug-likeness (QED) is 0.162. The first-order valence-electron chi connectivity index (χ1n) is 19.0. The van der Waals surface area contributed by atoms with Gasteiger partial charge in [-0.15, -0.1) is 0 Å². The predicted molar refractivity (Wildman–Crippen MR) is 231 cm³/mol. The van der Waals surface area contributed by atoms with Crippen LogP contribution in [0.2, 0.25) is 0 Å². The molecule has 2 aliphatic rings. The van der Waals surface area contributed by atoms with Crippen LogP contribution in [0.4, 0.5) is 0 Å². The second kappa shape index (κ2) is 12.4. The predicted octanol–water partition coefficient (Wildman–Crippen LogP) is 14.6. The smallest absolute Gasteiger partial charge is 0.0125 e. The molecule has 252 valence electrons. The van der Waals surface area contributed by atoms with E-state index in [0.717, 1.165) is 0 Å². The van der Waals surface area contributed by atoms with Crippen LogP contribution in [0.1, 0.15) is 22.6 Å². The SMILES string of the molecule is C1=CC2C=C(c3ccc(-c4c(-c5ccc(-c6cc7ccccc7c7ccccc67)cc5)c5ccccc5c5ccccc45)cc3)c3ccccc3C2C=C1. The molecule has 0 heteroatoms. The van der Waals surface area contributed by atoms with Crippen LogP contribution in [0, 0.1) is 5.92 Å². The summed E-state index contributed by atoms with van der Waals surface area (Å²) in [6.45, 7) is 0. The van der Waals surface area contributed by atoms with Crippen LogP contribution in [0.3, 0.4) is 0 Å². The van der Waals surface area contributed by atoms with Crippen molar-refractivity contribution < 1.29 is 0 Å². The zero-order valence-corrected chi connectivity index (χ0v) is 29.8. The lowest BCUT2D eigenvalue weighted by Gasteiger charge is -2.31. The molecule has 0 heterocycles. The van der Waals surface area contributed by atoms with Gasteiger partial charge in [-0.05, 0) is 105 Å². The highest BCUT2D eigenvalue weighted by Crippen LogP contribution is 2.47. The minimum absolute atomic E-state index is 0.367. The van der Waals surface area contributed by atoms with Crippen molar-refractivity contribution in [1.29, 1.82) is 0 Å². The van der Waals surface area contributed by atoms with Crippen LogP contribution in [0.25, 0.3) is 82.0 Å². The molecule has 0 aromatic heterocycles. The fourth-order valence-corrected chi connectivity index (χ4v) is 9.33. The standard InChI is InChI=1S/C54H36/c1-3-15-41-39(13-1)33-51(47-21-7-5-17-43(41)47)35-25-29-37(30-26-35)53-49-23-11-9-19-45(49)46-20-10-12-24-50(46)54(53)38-31-27-36(28-32-38)52-34-40-14-2-4-16-42(40)44-18-6-8-22-48(44)52/h1-34,39,41H. The molecule has 0 N–H and O–H groups in total. The first-order valence-corrected chi connectivity index (χ1v) is 19.0. The third-order valence-corrected chi connectivity index (χ3v) is 11.8. The van der Waals surface area contributed by atoms with Crippen LogP contribution in [-0.4, -0.2) is 0 Å². The molecule has 9 aromatic rings. The summed E-state index contributed by atoms with van der Waals surface area (Å²) >= 11 is 0. The van der Waals surface area contributed by atoms with E-state index in [9.17, 15) is 0 Å². The van der Waals surface area contributed by atoms with E-state index in [4.69, 9.17) is 0 Å². The summed E-state index contributed by atoms with van der Waals surface area (Å²) in [6.07, 6.45) is 11.5. The average Bonchev–Trinajstić information content (AvgIpc) is 3.25. The Morgan fingerprint density at radius 3 is 1.48 bits per heavy atom. The third kappa shape index (κ3) is 4.84. The second-order valence-electron chi connectivity index (χ2n) is 14.7. The van der Waals surface area contributed by atoms with Crippen molar-refractivity contribution in [2.45, 2.75) is 5.92 Å². The van der Waals surface area contributed by atoms with Crippen molar-refractivity contribution in [3.63, 3.8) is 0 Å². The van der Waals surface area contributed by atoms with E-state index < -0.39 is 0 Å². The van der Waals surface area contributed by atoms with Gasteiger partial charge in [-0.25, -0.2) is 0 Å². The van der Waals surface area contributed by atoms with Crippen molar-refractivity contribution in [2.75, 3.05) is 0 Å². The van der Waals surface area contributed by atoms with Gasteiger partial charge in [0, 0.05) is 11.8 Å². The lowest BCUT2D eigenvalue weighted by atomic mass is 9.73. The van der Waals surface area contributed by atoms with E-state index in [1.54, 1.807) is 0 Å². The molecule has 54 heavy (non-hydrogen) atoms. The number of fused-ring (bicyclic) bond motifs is 9. The zero-order chi connectivity index (χ0) is 35.6. The Labute approximate surface area is 315 Å². The van der Waals surface area contributed by atoms with Gasteiger partial charge < -0.3 is 0 Å². The summed E-state index contributed by atoms with van der Waals surface area (Å²) in [5.41, 5.74) is 12.8. The molecule has 11 rings (SSSR count). The fourth-order valence-electron chi connectivity index (χ4n) is 9.33. The molecule has 0 nitrogen and oxygen atoms in total. The minimum atomic E-state index is 0.367. The third-order valence-electron chi connectivity index (χ3n) is 11.8. The molecule has 2 aliphatic carbocycles. The van der Waals surface area contributed by atoms with Crippen molar-refractivity contribution in [3.05, 3.63) is 223 Å². The van der Waals surface area contributed by atoms with Gasteiger partial charge >= 0.3 is 0 Å². The Morgan fingerprint density at radius 2 is 0.815 bits per heavy atom. The molecule has 9 aromatic carbocycles. The number of allylic oxidation sites excluding steroid dienone is 5. The van der Waals surface area contributed by atoms with Crippen molar-refractivity contribution >= 4 is 48.7 Å². The maximum Gasteiger partial charge on any atom is 0.0125 e.